The molecule has 2 heterocycles. The van der Waals surface area contributed by atoms with Crippen molar-refractivity contribution in [2.45, 2.75) is 19.8 Å². The van der Waals surface area contributed by atoms with Gasteiger partial charge in [-0.2, -0.15) is 0 Å². The Kier molecular flexibility index (Phi) is 3.63. The predicted molar refractivity (Wildman–Crippen MR) is 81.9 cm³/mol. The molecule has 0 aliphatic heterocycles. The van der Waals surface area contributed by atoms with E-state index in [1.54, 1.807) is 6.20 Å². The Hall–Kier alpha value is -2.36. The van der Waals surface area contributed by atoms with Gasteiger partial charge in [-0.3, -0.25) is 0 Å². The number of nitrogens with one attached hydrogen (secondary N) is 2. The van der Waals surface area contributed by atoms with Gasteiger partial charge < -0.3 is 10.3 Å². The van der Waals surface area contributed by atoms with Gasteiger partial charge in [0, 0.05) is 24.8 Å². The molecule has 3 rings (SSSR count). The summed E-state index contributed by atoms with van der Waals surface area (Å²) < 4.78 is 0. The summed E-state index contributed by atoms with van der Waals surface area (Å²) >= 11 is 0. The minimum atomic E-state index is 0.816. The number of pyridine rings is 1. The summed E-state index contributed by atoms with van der Waals surface area (Å²) in [5.74, 6) is 1.01. The molecule has 0 aliphatic carbocycles. The second-order valence-corrected chi connectivity index (χ2v) is 4.91. The van der Waals surface area contributed by atoms with E-state index in [1.165, 1.54) is 5.56 Å². The number of H-pyrrole nitrogens is 1. The van der Waals surface area contributed by atoms with Crippen LogP contribution in [-0.4, -0.2) is 21.5 Å². The first kappa shape index (κ1) is 12.7. The number of aromatic amines is 1. The quantitative estimate of drug-likeness (QED) is 0.697. The molecule has 0 saturated heterocycles. The number of fused-ring (bicyclic) bond motifs is 1. The minimum Gasteiger partial charge on any atom is -0.385 e. The van der Waals surface area contributed by atoms with Gasteiger partial charge >= 0.3 is 0 Å². The van der Waals surface area contributed by atoms with Gasteiger partial charge in [-0.1, -0.05) is 18.2 Å². The van der Waals surface area contributed by atoms with Crippen molar-refractivity contribution in [3.63, 3.8) is 0 Å². The van der Waals surface area contributed by atoms with Gasteiger partial charge in [-0.25, -0.2) is 9.97 Å². The second kappa shape index (κ2) is 5.74. The molecule has 1 aromatic carbocycles. The topological polar surface area (TPSA) is 53.6 Å². The standard InChI is InChI=1S/C16H18N4/c1-12-9-11-18-16-15(12)19-14(20-16)8-5-10-17-13-6-3-2-4-7-13/h2-4,6-7,9,11,17H,5,8,10H2,1H3,(H,18,19,20). The summed E-state index contributed by atoms with van der Waals surface area (Å²) in [5, 5.41) is 3.40. The number of anilines is 1. The molecule has 0 radical (unpaired) electrons. The highest BCUT2D eigenvalue weighted by Crippen LogP contribution is 2.13. The van der Waals surface area contributed by atoms with Crippen LogP contribution in [0, 0.1) is 6.92 Å². The molecular formula is C16H18N4. The fourth-order valence-electron chi connectivity index (χ4n) is 2.25. The third-order valence-corrected chi connectivity index (χ3v) is 3.34. The summed E-state index contributed by atoms with van der Waals surface area (Å²) in [6.45, 7) is 3.01. The Labute approximate surface area is 118 Å². The molecule has 0 amide bonds. The molecular weight excluding hydrogens is 248 g/mol. The molecule has 2 N–H and O–H groups in total. The molecule has 4 nitrogen and oxygen atoms in total. The molecule has 0 saturated carbocycles. The first-order chi connectivity index (χ1) is 9.83. The van der Waals surface area contributed by atoms with Crippen molar-refractivity contribution < 1.29 is 0 Å². The lowest BCUT2D eigenvalue weighted by atomic mass is 10.2. The van der Waals surface area contributed by atoms with Gasteiger partial charge in [0.15, 0.2) is 5.65 Å². The second-order valence-electron chi connectivity index (χ2n) is 4.91. The Morgan fingerprint density at radius 3 is 2.80 bits per heavy atom. The van der Waals surface area contributed by atoms with Crippen LogP contribution in [0.25, 0.3) is 11.2 Å². The van der Waals surface area contributed by atoms with E-state index in [0.717, 1.165) is 42.1 Å². The number of hydrogen-bond donors (Lipinski definition) is 2. The van der Waals surface area contributed by atoms with Crippen LogP contribution < -0.4 is 5.32 Å². The van der Waals surface area contributed by atoms with E-state index in [0.29, 0.717) is 0 Å². The monoisotopic (exact) mass is 266 g/mol. The SMILES string of the molecule is Cc1ccnc2nc(CCCNc3ccccc3)[nH]c12. The molecule has 0 fully saturated rings. The lowest BCUT2D eigenvalue weighted by molar-refractivity contribution is 0.819. The first-order valence-corrected chi connectivity index (χ1v) is 6.92. The molecule has 0 bridgehead atoms. The van der Waals surface area contributed by atoms with Crippen LogP contribution >= 0.6 is 0 Å². The molecule has 4 heteroatoms. The zero-order chi connectivity index (χ0) is 13.8. The summed E-state index contributed by atoms with van der Waals surface area (Å²) in [5.41, 5.74) is 4.22. The number of aromatic nitrogens is 3. The van der Waals surface area contributed by atoms with Crippen molar-refractivity contribution in [3.05, 3.63) is 54.0 Å². The average Bonchev–Trinajstić information content (AvgIpc) is 2.89. The minimum absolute atomic E-state index is 0.816. The van der Waals surface area contributed by atoms with E-state index >= 15 is 0 Å². The number of hydrogen-bond acceptors (Lipinski definition) is 3. The molecule has 2 aromatic heterocycles. The van der Waals surface area contributed by atoms with Crippen molar-refractivity contribution in [2.24, 2.45) is 0 Å². The van der Waals surface area contributed by atoms with E-state index in [9.17, 15) is 0 Å². The average molecular weight is 266 g/mol. The van der Waals surface area contributed by atoms with Crippen LogP contribution in [0.2, 0.25) is 0 Å². The summed E-state index contributed by atoms with van der Waals surface area (Å²) in [6, 6.07) is 12.3. The van der Waals surface area contributed by atoms with Crippen LogP contribution in [0.3, 0.4) is 0 Å². The van der Waals surface area contributed by atoms with Crippen LogP contribution in [0.4, 0.5) is 5.69 Å². The molecule has 0 atom stereocenters. The lowest BCUT2D eigenvalue weighted by Crippen LogP contribution is -2.03. The molecule has 20 heavy (non-hydrogen) atoms. The Morgan fingerprint density at radius 2 is 2.00 bits per heavy atom. The van der Waals surface area contributed by atoms with Gasteiger partial charge in [0.1, 0.15) is 5.82 Å². The van der Waals surface area contributed by atoms with Crippen LogP contribution in [0.15, 0.2) is 42.6 Å². The van der Waals surface area contributed by atoms with E-state index in [-0.39, 0.29) is 0 Å². The van der Waals surface area contributed by atoms with Crippen molar-refractivity contribution >= 4 is 16.9 Å². The summed E-state index contributed by atoms with van der Waals surface area (Å²) in [4.78, 5) is 12.2. The molecule has 102 valence electrons. The fourth-order valence-corrected chi connectivity index (χ4v) is 2.25. The third kappa shape index (κ3) is 2.79. The van der Waals surface area contributed by atoms with Crippen LogP contribution in [0.1, 0.15) is 17.8 Å². The maximum Gasteiger partial charge on any atom is 0.177 e. The molecule has 0 aliphatic rings. The van der Waals surface area contributed by atoms with Gasteiger partial charge in [-0.05, 0) is 37.1 Å². The smallest absolute Gasteiger partial charge is 0.177 e. The van der Waals surface area contributed by atoms with Gasteiger partial charge in [0.25, 0.3) is 0 Å². The Morgan fingerprint density at radius 1 is 1.15 bits per heavy atom. The molecule has 0 spiro atoms. The van der Waals surface area contributed by atoms with E-state index in [2.05, 4.69) is 39.3 Å². The maximum absolute atomic E-state index is 4.52. The van der Waals surface area contributed by atoms with E-state index < -0.39 is 0 Å². The zero-order valence-corrected chi connectivity index (χ0v) is 11.6. The van der Waals surface area contributed by atoms with Crippen molar-refractivity contribution in [1.82, 2.24) is 15.0 Å². The fraction of sp³-hybridized carbons (Fsp3) is 0.250. The summed E-state index contributed by atoms with van der Waals surface area (Å²) in [6.07, 6.45) is 3.77. The summed E-state index contributed by atoms with van der Waals surface area (Å²) in [7, 11) is 0. The molecule has 0 unspecified atom stereocenters. The first-order valence-electron chi connectivity index (χ1n) is 6.92. The largest absolute Gasteiger partial charge is 0.385 e. The van der Waals surface area contributed by atoms with Crippen LogP contribution in [0.5, 0.6) is 0 Å². The number of rotatable bonds is 5. The number of para-hydroxylation sites is 1. The normalized spacial score (nSPS) is 10.8. The maximum atomic E-state index is 4.52. The molecule has 3 aromatic rings. The van der Waals surface area contributed by atoms with Crippen molar-refractivity contribution in [2.75, 3.05) is 11.9 Å². The zero-order valence-electron chi connectivity index (χ0n) is 11.6. The van der Waals surface area contributed by atoms with Gasteiger partial charge in [-0.15, -0.1) is 0 Å². The van der Waals surface area contributed by atoms with E-state index in [4.69, 9.17) is 0 Å². The lowest BCUT2D eigenvalue weighted by Gasteiger charge is -2.04. The number of aryl methyl sites for hydroxylation is 2. The number of benzene rings is 1. The van der Waals surface area contributed by atoms with Crippen molar-refractivity contribution in [3.8, 4) is 0 Å². The van der Waals surface area contributed by atoms with Gasteiger partial charge in [0.05, 0.1) is 5.52 Å². The van der Waals surface area contributed by atoms with E-state index in [1.807, 2.05) is 24.3 Å². The van der Waals surface area contributed by atoms with Crippen molar-refractivity contribution in [1.29, 1.82) is 0 Å². The van der Waals surface area contributed by atoms with Gasteiger partial charge in [0.2, 0.25) is 0 Å². The third-order valence-electron chi connectivity index (χ3n) is 3.34. The Balaban J connectivity index is 1.56. The highest BCUT2D eigenvalue weighted by molar-refractivity contribution is 5.74. The predicted octanol–water partition coefficient (Wildman–Crippen LogP) is 3.31. The Bertz CT molecular complexity index is 688. The number of imidazole rings is 1. The highest BCUT2D eigenvalue weighted by Gasteiger charge is 2.05. The highest BCUT2D eigenvalue weighted by atomic mass is 15.0. The van der Waals surface area contributed by atoms with Crippen LogP contribution in [-0.2, 0) is 6.42 Å². The number of nitrogens with zero attached hydrogens (tertiary/aromatic N) is 2.